The van der Waals surface area contributed by atoms with Gasteiger partial charge in [-0.15, -0.1) is 0 Å². The Labute approximate surface area is 75.4 Å². The molecule has 0 saturated carbocycles. The van der Waals surface area contributed by atoms with Gasteiger partial charge in [0.15, 0.2) is 0 Å². The van der Waals surface area contributed by atoms with Crippen LogP contribution in [-0.4, -0.2) is 30.6 Å². The maximum Gasteiger partial charge on any atom is 0.0166 e. The maximum absolute atomic E-state index is 5.63. The van der Waals surface area contributed by atoms with Gasteiger partial charge in [-0.3, -0.25) is 4.90 Å². The lowest BCUT2D eigenvalue weighted by atomic mass is 10.0. The Morgan fingerprint density at radius 3 is 2.67 bits per heavy atom. The molecule has 0 fully saturated rings. The Bertz CT molecular complexity index is 154. The highest BCUT2D eigenvalue weighted by molar-refractivity contribution is 4.93. The SMILES string of the molecule is CC(CN)C(C)N1CC=CCC1. The van der Waals surface area contributed by atoms with E-state index in [9.17, 15) is 0 Å². The van der Waals surface area contributed by atoms with Crippen molar-refractivity contribution in [2.45, 2.75) is 26.3 Å². The molecule has 2 unspecified atom stereocenters. The minimum atomic E-state index is 0.608. The van der Waals surface area contributed by atoms with Crippen molar-refractivity contribution < 1.29 is 0 Å². The molecule has 2 heteroatoms. The molecule has 0 radical (unpaired) electrons. The number of hydrogen-bond donors (Lipinski definition) is 1. The van der Waals surface area contributed by atoms with E-state index in [0.717, 1.165) is 13.1 Å². The van der Waals surface area contributed by atoms with Gasteiger partial charge in [0.2, 0.25) is 0 Å². The van der Waals surface area contributed by atoms with Crippen LogP contribution < -0.4 is 5.73 Å². The Morgan fingerprint density at radius 2 is 2.17 bits per heavy atom. The second kappa shape index (κ2) is 4.63. The first-order valence-electron chi connectivity index (χ1n) is 4.85. The molecule has 0 spiro atoms. The third-order valence-corrected chi connectivity index (χ3v) is 2.86. The van der Waals surface area contributed by atoms with Gasteiger partial charge in [0.05, 0.1) is 0 Å². The van der Waals surface area contributed by atoms with Crippen molar-refractivity contribution in [3.63, 3.8) is 0 Å². The van der Waals surface area contributed by atoms with Gasteiger partial charge in [0, 0.05) is 19.1 Å². The van der Waals surface area contributed by atoms with E-state index in [0.29, 0.717) is 12.0 Å². The summed E-state index contributed by atoms with van der Waals surface area (Å²) in [7, 11) is 0. The van der Waals surface area contributed by atoms with Crippen molar-refractivity contribution >= 4 is 0 Å². The summed E-state index contributed by atoms with van der Waals surface area (Å²) >= 11 is 0. The largest absolute Gasteiger partial charge is 0.330 e. The van der Waals surface area contributed by atoms with E-state index in [1.54, 1.807) is 0 Å². The van der Waals surface area contributed by atoms with Crippen LogP contribution in [0.25, 0.3) is 0 Å². The quantitative estimate of drug-likeness (QED) is 0.642. The molecule has 0 saturated heterocycles. The normalized spacial score (nSPS) is 23.9. The summed E-state index contributed by atoms with van der Waals surface area (Å²) in [6.45, 7) is 7.59. The van der Waals surface area contributed by atoms with Crippen molar-refractivity contribution in [3.05, 3.63) is 12.2 Å². The molecule has 0 aromatic heterocycles. The topological polar surface area (TPSA) is 29.3 Å². The molecule has 0 bridgehead atoms. The molecule has 12 heavy (non-hydrogen) atoms. The van der Waals surface area contributed by atoms with Gasteiger partial charge in [-0.05, 0) is 25.8 Å². The van der Waals surface area contributed by atoms with Crippen molar-refractivity contribution in [2.75, 3.05) is 19.6 Å². The summed E-state index contributed by atoms with van der Waals surface area (Å²) < 4.78 is 0. The molecule has 2 N–H and O–H groups in total. The highest BCUT2D eigenvalue weighted by Crippen LogP contribution is 2.12. The van der Waals surface area contributed by atoms with Crippen molar-refractivity contribution in [1.29, 1.82) is 0 Å². The summed E-state index contributed by atoms with van der Waals surface area (Å²) in [5.41, 5.74) is 5.63. The number of rotatable bonds is 3. The van der Waals surface area contributed by atoms with Crippen LogP contribution in [-0.2, 0) is 0 Å². The van der Waals surface area contributed by atoms with Crippen LogP contribution in [0.2, 0.25) is 0 Å². The zero-order valence-electron chi connectivity index (χ0n) is 8.16. The average molecular weight is 168 g/mol. The van der Waals surface area contributed by atoms with E-state index in [4.69, 9.17) is 5.73 Å². The molecule has 2 atom stereocenters. The molecule has 70 valence electrons. The second-order valence-electron chi connectivity index (χ2n) is 3.71. The third-order valence-electron chi connectivity index (χ3n) is 2.86. The average Bonchev–Trinajstić information content (AvgIpc) is 2.17. The first kappa shape index (κ1) is 9.75. The molecule has 0 aromatic carbocycles. The molecule has 0 aliphatic carbocycles. The molecule has 2 nitrogen and oxygen atoms in total. The zero-order valence-corrected chi connectivity index (χ0v) is 8.16. The van der Waals surface area contributed by atoms with E-state index in [-0.39, 0.29) is 0 Å². The van der Waals surface area contributed by atoms with E-state index >= 15 is 0 Å². The fourth-order valence-electron chi connectivity index (χ4n) is 1.59. The standard InChI is InChI=1S/C10H20N2/c1-9(8-11)10(2)12-6-4-3-5-7-12/h3-4,9-10H,5-8,11H2,1-2H3. The lowest BCUT2D eigenvalue weighted by molar-refractivity contribution is 0.179. The molecular weight excluding hydrogens is 148 g/mol. The highest BCUT2D eigenvalue weighted by atomic mass is 15.2. The van der Waals surface area contributed by atoms with E-state index < -0.39 is 0 Å². The second-order valence-corrected chi connectivity index (χ2v) is 3.71. The summed E-state index contributed by atoms with van der Waals surface area (Å²) in [6.07, 6.45) is 5.71. The summed E-state index contributed by atoms with van der Waals surface area (Å²) in [4.78, 5) is 2.50. The van der Waals surface area contributed by atoms with Crippen molar-refractivity contribution in [1.82, 2.24) is 4.90 Å². The van der Waals surface area contributed by atoms with Crippen molar-refractivity contribution in [3.8, 4) is 0 Å². The van der Waals surface area contributed by atoms with Crippen LogP contribution in [0.1, 0.15) is 20.3 Å². The lowest BCUT2D eigenvalue weighted by Crippen LogP contribution is -2.41. The minimum Gasteiger partial charge on any atom is -0.330 e. The predicted octanol–water partition coefficient (Wildman–Crippen LogP) is 1.23. The zero-order chi connectivity index (χ0) is 8.97. The molecule has 1 rings (SSSR count). The van der Waals surface area contributed by atoms with Crippen LogP contribution in [0.4, 0.5) is 0 Å². The van der Waals surface area contributed by atoms with Crippen LogP contribution in [0, 0.1) is 5.92 Å². The third kappa shape index (κ3) is 2.32. The lowest BCUT2D eigenvalue weighted by Gasteiger charge is -2.33. The summed E-state index contributed by atoms with van der Waals surface area (Å²) in [6, 6.07) is 0.625. The first-order valence-corrected chi connectivity index (χ1v) is 4.85. The summed E-state index contributed by atoms with van der Waals surface area (Å²) in [5, 5.41) is 0. The molecule has 0 amide bonds. The van der Waals surface area contributed by atoms with Gasteiger partial charge in [-0.2, -0.15) is 0 Å². The number of nitrogens with zero attached hydrogens (tertiary/aromatic N) is 1. The Kier molecular flexibility index (Phi) is 3.76. The number of nitrogens with two attached hydrogens (primary N) is 1. The Morgan fingerprint density at radius 1 is 1.42 bits per heavy atom. The number of hydrogen-bond acceptors (Lipinski definition) is 2. The first-order chi connectivity index (χ1) is 5.75. The molecule has 1 heterocycles. The van der Waals surface area contributed by atoms with Gasteiger partial charge in [-0.1, -0.05) is 19.1 Å². The van der Waals surface area contributed by atoms with Gasteiger partial charge in [0.25, 0.3) is 0 Å². The van der Waals surface area contributed by atoms with Crippen LogP contribution in [0.3, 0.4) is 0 Å². The van der Waals surface area contributed by atoms with Gasteiger partial charge >= 0.3 is 0 Å². The van der Waals surface area contributed by atoms with Crippen molar-refractivity contribution in [2.24, 2.45) is 11.7 Å². The smallest absolute Gasteiger partial charge is 0.0166 e. The molecule has 1 aliphatic heterocycles. The highest BCUT2D eigenvalue weighted by Gasteiger charge is 2.18. The van der Waals surface area contributed by atoms with Crippen LogP contribution in [0.5, 0.6) is 0 Å². The minimum absolute atomic E-state index is 0.608. The fourth-order valence-corrected chi connectivity index (χ4v) is 1.59. The van der Waals surface area contributed by atoms with Gasteiger partial charge < -0.3 is 5.73 Å². The fraction of sp³-hybridized carbons (Fsp3) is 0.800. The monoisotopic (exact) mass is 168 g/mol. The predicted molar refractivity (Wildman–Crippen MR) is 53.0 cm³/mol. The Hall–Kier alpha value is -0.340. The van der Waals surface area contributed by atoms with Crippen LogP contribution in [0.15, 0.2) is 12.2 Å². The van der Waals surface area contributed by atoms with E-state index in [1.807, 2.05) is 0 Å². The van der Waals surface area contributed by atoms with Gasteiger partial charge in [-0.25, -0.2) is 0 Å². The molecule has 0 aromatic rings. The Balaban J connectivity index is 2.40. The molecule has 1 aliphatic rings. The summed E-state index contributed by atoms with van der Waals surface area (Å²) in [5.74, 6) is 0.608. The van der Waals surface area contributed by atoms with E-state index in [1.165, 1.54) is 13.0 Å². The maximum atomic E-state index is 5.63. The van der Waals surface area contributed by atoms with Gasteiger partial charge in [0.1, 0.15) is 0 Å². The van der Waals surface area contributed by atoms with Crippen LogP contribution >= 0.6 is 0 Å². The van der Waals surface area contributed by atoms with E-state index in [2.05, 4.69) is 30.9 Å². The molecular formula is C10H20N2.